The number of nitrogens with one attached hydrogen (secondary N) is 2. The zero-order chi connectivity index (χ0) is 15.9. The van der Waals surface area contributed by atoms with Gasteiger partial charge in [-0.1, -0.05) is 0 Å². The zero-order valence-corrected chi connectivity index (χ0v) is 13.3. The maximum Gasteiger partial charge on any atom is 0.0431 e. The smallest absolute Gasteiger partial charge is 0.0431 e. The molecule has 4 heteroatoms. The van der Waals surface area contributed by atoms with Gasteiger partial charge in [0.15, 0.2) is 0 Å². The second kappa shape index (κ2) is 5.34. The fourth-order valence-corrected chi connectivity index (χ4v) is 3.44. The quantitative estimate of drug-likeness (QED) is 0.661. The van der Waals surface area contributed by atoms with Crippen LogP contribution >= 0.6 is 0 Å². The maximum atomic E-state index is 4.76. The van der Waals surface area contributed by atoms with Crippen molar-refractivity contribution < 1.29 is 0 Å². The van der Waals surface area contributed by atoms with Gasteiger partial charge in [-0.3, -0.25) is 9.97 Å². The number of hydrogen-bond donors (Lipinski definition) is 2. The van der Waals surface area contributed by atoms with Gasteiger partial charge < -0.3 is 9.97 Å². The third kappa shape index (κ3) is 2.60. The number of rotatable bonds is 0. The summed E-state index contributed by atoms with van der Waals surface area (Å²) >= 11 is 0. The highest BCUT2D eigenvalue weighted by atomic mass is 14.8. The molecule has 0 saturated carbocycles. The van der Waals surface area contributed by atoms with Crippen LogP contribution in [0.5, 0.6) is 0 Å². The molecule has 0 unspecified atom stereocenters. The van der Waals surface area contributed by atoms with Gasteiger partial charge in [-0.05, 0) is 74.2 Å². The van der Waals surface area contributed by atoms with Gasteiger partial charge in [0.1, 0.15) is 0 Å². The second-order valence-electron chi connectivity index (χ2n) is 6.50. The summed E-state index contributed by atoms with van der Waals surface area (Å²) in [6.07, 6.45) is 3.98. The van der Waals surface area contributed by atoms with Gasteiger partial charge in [0.2, 0.25) is 0 Å². The molecule has 4 nitrogen and oxygen atoms in total. The van der Waals surface area contributed by atoms with E-state index in [4.69, 9.17) is 9.97 Å². The van der Waals surface area contributed by atoms with Crippen molar-refractivity contribution in [2.24, 2.45) is 0 Å². The monoisotopic (exact) mass is 314 g/mol. The Hall–Kier alpha value is -2.88. The fraction of sp³-hybridized carbons (Fsp3) is 0.200. The molecule has 5 rings (SSSR count). The van der Waals surface area contributed by atoms with Crippen molar-refractivity contribution >= 4 is 22.1 Å². The summed E-state index contributed by atoms with van der Waals surface area (Å²) in [5, 5.41) is 0. The highest BCUT2D eigenvalue weighted by Crippen LogP contribution is 2.16. The lowest BCUT2D eigenvalue weighted by Gasteiger charge is -1.85. The molecule has 2 N–H and O–H groups in total. The molecule has 3 aromatic heterocycles. The molecular weight excluding hydrogens is 296 g/mol. The number of aromatic amines is 2. The highest BCUT2D eigenvalue weighted by Gasteiger charge is 2.07. The van der Waals surface area contributed by atoms with E-state index in [1.54, 1.807) is 0 Å². The van der Waals surface area contributed by atoms with E-state index in [1.165, 1.54) is 0 Å². The van der Waals surface area contributed by atoms with Crippen LogP contribution in [0, 0.1) is 0 Å². The molecule has 118 valence electrons. The average Bonchev–Trinajstić information content (AvgIpc) is 3.32. The first-order valence-electron chi connectivity index (χ1n) is 8.44. The van der Waals surface area contributed by atoms with E-state index in [-0.39, 0.29) is 0 Å². The van der Waals surface area contributed by atoms with Crippen molar-refractivity contribution in [1.29, 1.82) is 0 Å². The van der Waals surface area contributed by atoms with Crippen LogP contribution in [-0.2, 0) is 25.7 Å². The molecule has 2 aliphatic heterocycles. The van der Waals surface area contributed by atoms with Crippen molar-refractivity contribution in [2.45, 2.75) is 25.7 Å². The third-order valence-electron chi connectivity index (χ3n) is 4.60. The SMILES string of the molecule is c1cc2cc3nc(cc4ccc(cc5nc(cc1[nH]2)CC5)[nH]4)CC3. The van der Waals surface area contributed by atoms with E-state index in [0.29, 0.717) is 0 Å². The maximum absolute atomic E-state index is 4.76. The number of hydrogen-bond acceptors (Lipinski definition) is 2. The van der Waals surface area contributed by atoms with Crippen molar-refractivity contribution in [3.8, 4) is 0 Å². The minimum Gasteiger partial charge on any atom is -0.355 e. The first-order chi connectivity index (χ1) is 11.8. The number of nitrogens with zero attached hydrogens (tertiary/aromatic N) is 2. The Bertz CT molecular complexity index is 907. The Morgan fingerprint density at radius 1 is 0.500 bits per heavy atom. The van der Waals surface area contributed by atoms with E-state index >= 15 is 0 Å². The van der Waals surface area contributed by atoms with Gasteiger partial charge in [-0.15, -0.1) is 0 Å². The molecule has 3 aromatic rings. The predicted octanol–water partition coefficient (Wildman–Crippen LogP) is 3.89. The lowest BCUT2D eigenvalue weighted by Crippen LogP contribution is -1.78. The molecule has 2 aliphatic rings. The number of aromatic nitrogens is 4. The third-order valence-corrected chi connectivity index (χ3v) is 4.60. The molecule has 24 heavy (non-hydrogen) atoms. The van der Waals surface area contributed by atoms with Gasteiger partial charge in [0, 0.05) is 44.8 Å². The molecule has 0 amide bonds. The van der Waals surface area contributed by atoms with Crippen LogP contribution in [0.3, 0.4) is 0 Å². The van der Waals surface area contributed by atoms with E-state index in [0.717, 1.165) is 70.5 Å². The summed E-state index contributed by atoms with van der Waals surface area (Å²) in [5.41, 5.74) is 8.94. The van der Waals surface area contributed by atoms with Gasteiger partial charge in [0.25, 0.3) is 0 Å². The lowest BCUT2D eigenvalue weighted by molar-refractivity contribution is 1.02. The van der Waals surface area contributed by atoms with Crippen molar-refractivity contribution in [3.05, 3.63) is 71.3 Å². The average molecular weight is 314 g/mol. The van der Waals surface area contributed by atoms with E-state index in [1.807, 2.05) is 0 Å². The first-order valence-corrected chi connectivity index (χ1v) is 8.44. The van der Waals surface area contributed by atoms with Crippen LogP contribution in [0.15, 0.2) is 48.5 Å². The predicted molar refractivity (Wildman–Crippen MR) is 95.8 cm³/mol. The summed E-state index contributed by atoms with van der Waals surface area (Å²) in [5.74, 6) is 0. The minimum absolute atomic E-state index is 0.994. The molecule has 0 radical (unpaired) electrons. The van der Waals surface area contributed by atoms with Gasteiger partial charge >= 0.3 is 0 Å². The van der Waals surface area contributed by atoms with Crippen LogP contribution < -0.4 is 0 Å². The van der Waals surface area contributed by atoms with Gasteiger partial charge in [0.05, 0.1) is 0 Å². The van der Waals surface area contributed by atoms with E-state index in [9.17, 15) is 0 Å². The number of aryl methyl sites for hydroxylation is 4. The summed E-state index contributed by atoms with van der Waals surface area (Å²) in [4.78, 5) is 16.4. The Morgan fingerprint density at radius 3 is 1.08 bits per heavy atom. The van der Waals surface area contributed by atoms with E-state index in [2.05, 4.69) is 58.5 Å². The summed E-state index contributed by atoms with van der Waals surface area (Å²) in [7, 11) is 0. The Morgan fingerprint density at radius 2 is 0.792 bits per heavy atom. The molecule has 0 aliphatic carbocycles. The summed E-state index contributed by atoms with van der Waals surface area (Å²) in [6.45, 7) is 0. The molecule has 8 bridgehead atoms. The Kier molecular flexibility index (Phi) is 3.01. The molecule has 0 spiro atoms. The molecule has 5 heterocycles. The first kappa shape index (κ1) is 13.5. The van der Waals surface area contributed by atoms with Crippen LogP contribution in [0.2, 0.25) is 0 Å². The Labute approximate surface area is 139 Å². The number of H-pyrrole nitrogens is 2. The topological polar surface area (TPSA) is 57.4 Å². The highest BCUT2D eigenvalue weighted by molar-refractivity contribution is 5.61. The van der Waals surface area contributed by atoms with Crippen LogP contribution in [0.1, 0.15) is 22.8 Å². The van der Waals surface area contributed by atoms with Crippen molar-refractivity contribution in [3.63, 3.8) is 0 Å². The van der Waals surface area contributed by atoms with Gasteiger partial charge in [-0.2, -0.15) is 0 Å². The number of fused-ring (bicyclic) bond motifs is 8. The lowest BCUT2D eigenvalue weighted by atomic mass is 10.2. The van der Waals surface area contributed by atoms with E-state index < -0.39 is 0 Å². The molecular formula is C20H18N4. The largest absolute Gasteiger partial charge is 0.355 e. The standard InChI is InChI=1S/C20H18N4/c1-2-14-10-16-5-6-18(23-16)12-20-8-7-19(24-20)11-17-4-3-15(22-17)9-13(1)21-14/h1-2,7-12,21,24H,3-6H2. The normalized spacial score (nSPS) is 14.0. The zero-order valence-electron chi connectivity index (χ0n) is 13.3. The fourth-order valence-electron chi connectivity index (χ4n) is 3.44. The van der Waals surface area contributed by atoms with Crippen LogP contribution in [0.25, 0.3) is 22.1 Å². The van der Waals surface area contributed by atoms with Crippen molar-refractivity contribution in [1.82, 2.24) is 19.9 Å². The molecule has 0 aromatic carbocycles. The summed E-state index contributed by atoms with van der Waals surface area (Å²) in [6, 6.07) is 17.0. The molecule has 0 fully saturated rings. The minimum atomic E-state index is 0.994. The molecule has 0 atom stereocenters. The summed E-state index contributed by atoms with van der Waals surface area (Å²) < 4.78 is 0. The second-order valence-corrected chi connectivity index (χ2v) is 6.50. The van der Waals surface area contributed by atoms with Crippen molar-refractivity contribution in [2.75, 3.05) is 0 Å². The molecule has 0 saturated heterocycles. The van der Waals surface area contributed by atoms with Gasteiger partial charge in [-0.25, -0.2) is 0 Å². The Balaban J connectivity index is 1.82. The van der Waals surface area contributed by atoms with Crippen LogP contribution in [-0.4, -0.2) is 19.9 Å². The van der Waals surface area contributed by atoms with Crippen LogP contribution in [0.4, 0.5) is 0 Å².